The summed E-state index contributed by atoms with van der Waals surface area (Å²) in [5, 5.41) is 0. The number of nitrogens with zero attached hydrogens (tertiary/aromatic N) is 3. The van der Waals surface area contributed by atoms with Crippen LogP contribution in [0.15, 0.2) is 0 Å². The summed E-state index contributed by atoms with van der Waals surface area (Å²) < 4.78 is 0. The third kappa shape index (κ3) is 8.93. The number of piperazine rings is 1. The van der Waals surface area contributed by atoms with Crippen molar-refractivity contribution >= 4 is 0 Å². The molecule has 0 N–H and O–H groups in total. The Labute approximate surface area is 129 Å². The van der Waals surface area contributed by atoms with Crippen molar-refractivity contribution < 1.29 is 0 Å². The van der Waals surface area contributed by atoms with Crippen LogP contribution in [0.1, 0.15) is 54.4 Å². The van der Waals surface area contributed by atoms with Gasteiger partial charge in [0.2, 0.25) is 0 Å². The van der Waals surface area contributed by atoms with Crippen molar-refractivity contribution in [2.75, 3.05) is 53.4 Å². The highest BCUT2D eigenvalue weighted by Crippen LogP contribution is 2.16. The number of hydrogen-bond acceptors (Lipinski definition) is 3. The second kappa shape index (κ2) is 15.3. The Bertz CT molecular complexity index is 149. The normalized spacial score (nSPS) is 21.6. The summed E-state index contributed by atoms with van der Waals surface area (Å²) in [6.45, 7) is 19.7. The molecule has 0 radical (unpaired) electrons. The van der Waals surface area contributed by atoms with Gasteiger partial charge in [-0.05, 0) is 40.0 Å². The topological polar surface area (TPSA) is 9.72 Å². The van der Waals surface area contributed by atoms with Gasteiger partial charge in [0.25, 0.3) is 0 Å². The molecule has 0 spiro atoms. The van der Waals surface area contributed by atoms with Gasteiger partial charge < -0.3 is 9.80 Å². The van der Waals surface area contributed by atoms with Gasteiger partial charge in [-0.25, -0.2) is 0 Å². The Hall–Kier alpha value is -0.120. The number of rotatable bonds is 1. The fourth-order valence-corrected chi connectivity index (χ4v) is 2.55. The van der Waals surface area contributed by atoms with Gasteiger partial charge in [-0.1, -0.05) is 41.5 Å². The molecule has 2 rings (SSSR count). The first-order valence-corrected chi connectivity index (χ1v) is 8.87. The van der Waals surface area contributed by atoms with Gasteiger partial charge in [-0.15, -0.1) is 0 Å². The maximum absolute atomic E-state index is 2.70. The number of likely N-dealkylation sites (N-methyl/N-ethyl adjacent to an activating group) is 1. The molecule has 0 bridgehead atoms. The lowest BCUT2D eigenvalue weighted by Crippen LogP contribution is -2.51. The Balaban J connectivity index is 0. The van der Waals surface area contributed by atoms with E-state index in [1.165, 1.54) is 52.1 Å². The fourth-order valence-electron chi connectivity index (χ4n) is 2.55. The molecule has 0 atom stereocenters. The number of hydrogen-bond donors (Lipinski definition) is 0. The number of piperidine rings is 1. The van der Waals surface area contributed by atoms with E-state index < -0.39 is 0 Å². The molecule has 0 aliphatic carbocycles. The summed E-state index contributed by atoms with van der Waals surface area (Å²) in [5.74, 6) is 0. The molecule has 0 saturated carbocycles. The van der Waals surface area contributed by atoms with Crippen molar-refractivity contribution in [3.63, 3.8) is 0 Å². The highest BCUT2D eigenvalue weighted by molar-refractivity contribution is 4.81. The molecular weight excluding hydrogens is 246 g/mol. The first-order chi connectivity index (χ1) is 9.75. The van der Waals surface area contributed by atoms with E-state index in [1.807, 2.05) is 41.5 Å². The monoisotopic (exact) mass is 287 g/mol. The molecule has 20 heavy (non-hydrogen) atoms. The third-order valence-corrected chi connectivity index (χ3v) is 3.74. The highest BCUT2D eigenvalue weighted by Gasteiger charge is 2.25. The van der Waals surface area contributed by atoms with Crippen molar-refractivity contribution in [2.24, 2.45) is 0 Å². The maximum atomic E-state index is 2.70. The molecule has 2 fully saturated rings. The van der Waals surface area contributed by atoms with Gasteiger partial charge in [0.15, 0.2) is 0 Å². The quantitative estimate of drug-likeness (QED) is 0.732. The van der Waals surface area contributed by atoms with Crippen LogP contribution in [0.25, 0.3) is 0 Å². The summed E-state index contributed by atoms with van der Waals surface area (Å²) in [4.78, 5) is 7.59. The molecule has 124 valence electrons. The third-order valence-electron chi connectivity index (χ3n) is 3.74. The number of likely N-dealkylation sites (tertiary alicyclic amines) is 1. The predicted octanol–water partition coefficient (Wildman–Crippen LogP) is 3.41. The predicted molar refractivity (Wildman–Crippen MR) is 93.6 cm³/mol. The lowest BCUT2D eigenvalue weighted by atomic mass is 10.0. The van der Waals surface area contributed by atoms with Crippen molar-refractivity contribution in [1.82, 2.24) is 14.7 Å². The van der Waals surface area contributed by atoms with Gasteiger partial charge in [0.1, 0.15) is 0 Å². The van der Waals surface area contributed by atoms with Crippen molar-refractivity contribution in [3.05, 3.63) is 0 Å². The summed E-state index contributed by atoms with van der Waals surface area (Å²) >= 11 is 0. The van der Waals surface area contributed by atoms with Crippen LogP contribution in [0.3, 0.4) is 0 Å². The zero-order valence-electron chi connectivity index (χ0n) is 15.6. The zero-order chi connectivity index (χ0) is 16.0. The van der Waals surface area contributed by atoms with E-state index in [-0.39, 0.29) is 0 Å². The van der Waals surface area contributed by atoms with Crippen LogP contribution in [-0.2, 0) is 0 Å². The molecule has 3 heteroatoms. The van der Waals surface area contributed by atoms with Crippen LogP contribution in [-0.4, -0.2) is 74.1 Å². The average molecular weight is 288 g/mol. The second-order valence-electron chi connectivity index (χ2n) is 4.87. The van der Waals surface area contributed by atoms with E-state index in [2.05, 4.69) is 28.8 Å². The van der Waals surface area contributed by atoms with Crippen LogP contribution in [0.4, 0.5) is 0 Å². The molecule has 2 saturated heterocycles. The Morgan fingerprint density at radius 2 is 0.900 bits per heavy atom. The minimum Gasteiger partial charge on any atom is -0.306 e. The van der Waals surface area contributed by atoms with Crippen molar-refractivity contribution in [3.8, 4) is 0 Å². The molecule has 2 aliphatic rings. The lowest BCUT2D eigenvalue weighted by molar-refractivity contribution is 0.0742. The van der Waals surface area contributed by atoms with Crippen LogP contribution >= 0.6 is 0 Å². The summed E-state index contributed by atoms with van der Waals surface area (Å²) in [6, 6.07) is 0.875. The second-order valence-corrected chi connectivity index (χ2v) is 4.87. The van der Waals surface area contributed by atoms with Crippen LogP contribution in [0.5, 0.6) is 0 Å². The lowest BCUT2D eigenvalue weighted by Gasteiger charge is -2.41. The van der Waals surface area contributed by atoms with E-state index in [4.69, 9.17) is 0 Å². The molecule has 2 aliphatic heterocycles. The Morgan fingerprint density at radius 3 is 1.30 bits per heavy atom. The van der Waals surface area contributed by atoms with Gasteiger partial charge in [0, 0.05) is 32.2 Å². The summed E-state index contributed by atoms with van der Waals surface area (Å²) in [7, 11) is 4.46. The minimum absolute atomic E-state index is 0.875. The molecule has 2 heterocycles. The van der Waals surface area contributed by atoms with E-state index in [0.717, 1.165) is 6.04 Å². The van der Waals surface area contributed by atoms with E-state index in [9.17, 15) is 0 Å². The minimum atomic E-state index is 0.875. The molecule has 0 amide bonds. The van der Waals surface area contributed by atoms with Crippen molar-refractivity contribution in [2.45, 2.75) is 60.4 Å². The zero-order valence-corrected chi connectivity index (χ0v) is 15.6. The highest BCUT2D eigenvalue weighted by atomic mass is 15.3. The first-order valence-electron chi connectivity index (χ1n) is 8.87. The Kier molecular flexibility index (Phi) is 16.9. The molecular formula is C17H41N3. The van der Waals surface area contributed by atoms with E-state index >= 15 is 0 Å². The van der Waals surface area contributed by atoms with Gasteiger partial charge in [-0.3, -0.25) is 4.90 Å². The summed E-state index contributed by atoms with van der Waals surface area (Å²) in [5.41, 5.74) is 0. The van der Waals surface area contributed by atoms with Crippen LogP contribution < -0.4 is 0 Å². The van der Waals surface area contributed by atoms with Gasteiger partial charge >= 0.3 is 0 Å². The molecule has 0 aromatic carbocycles. The summed E-state index contributed by atoms with van der Waals surface area (Å²) in [6.07, 6.45) is 2.75. The fraction of sp³-hybridized carbons (Fsp3) is 1.00. The van der Waals surface area contributed by atoms with Crippen molar-refractivity contribution in [1.29, 1.82) is 0 Å². The molecule has 0 aromatic heterocycles. The largest absolute Gasteiger partial charge is 0.306 e. The standard InChI is InChI=1S/C11H23N3.3C2H6/c1-12-5-3-11(4-6-12)14-9-7-13(2)8-10-14;3*1-2/h11H,3-10H2,1-2H3;3*1-2H3. The van der Waals surface area contributed by atoms with E-state index in [0.29, 0.717) is 0 Å². The maximum Gasteiger partial charge on any atom is 0.0121 e. The molecule has 0 aromatic rings. The SMILES string of the molecule is CC.CC.CC.CN1CCC(N2CCN(C)CC2)CC1. The molecule has 0 unspecified atom stereocenters. The van der Waals surface area contributed by atoms with Gasteiger partial charge in [0.05, 0.1) is 0 Å². The van der Waals surface area contributed by atoms with Crippen LogP contribution in [0, 0.1) is 0 Å². The molecule has 3 nitrogen and oxygen atoms in total. The van der Waals surface area contributed by atoms with Gasteiger partial charge in [-0.2, -0.15) is 0 Å². The van der Waals surface area contributed by atoms with Crippen LogP contribution in [0.2, 0.25) is 0 Å². The first kappa shape index (κ1) is 22.2. The Morgan fingerprint density at radius 1 is 0.550 bits per heavy atom. The smallest absolute Gasteiger partial charge is 0.0121 e. The van der Waals surface area contributed by atoms with E-state index in [1.54, 1.807) is 0 Å². The average Bonchev–Trinajstić information content (AvgIpc) is 2.55.